The number of rotatable bonds is 6. The summed E-state index contributed by atoms with van der Waals surface area (Å²) in [5.74, 6) is 0.830. The maximum Gasteiger partial charge on any atom is 0.407 e. The average Bonchev–Trinajstić information content (AvgIpc) is 3.43. The minimum Gasteiger partial charge on any atom is -0.493 e. The fourth-order valence-electron chi connectivity index (χ4n) is 3.49. The van der Waals surface area contributed by atoms with Crippen molar-refractivity contribution in [1.29, 1.82) is 0 Å². The van der Waals surface area contributed by atoms with Gasteiger partial charge < -0.3 is 24.5 Å². The lowest BCUT2D eigenvalue weighted by Crippen LogP contribution is -2.55. The Morgan fingerprint density at radius 1 is 1.21 bits per heavy atom. The first-order valence-electron chi connectivity index (χ1n) is 9.89. The van der Waals surface area contributed by atoms with E-state index in [0.29, 0.717) is 17.3 Å². The first kappa shape index (κ1) is 21.0. The van der Waals surface area contributed by atoms with Gasteiger partial charge in [-0.1, -0.05) is 12.1 Å². The predicted octanol–water partition coefficient (Wildman–Crippen LogP) is 4.17. The molecule has 1 aromatic heterocycles. The van der Waals surface area contributed by atoms with Crippen LogP contribution >= 0.6 is 0 Å². The lowest BCUT2D eigenvalue weighted by Gasteiger charge is -2.31. The van der Waals surface area contributed by atoms with Crippen LogP contribution in [0.1, 0.15) is 56.7 Å². The van der Waals surface area contributed by atoms with Crippen molar-refractivity contribution in [2.45, 2.75) is 58.6 Å². The molecule has 1 aliphatic carbocycles. The lowest BCUT2D eigenvalue weighted by molar-refractivity contribution is 0.0502. The van der Waals surface area contributed by atoms with Gasteiger partial charge in [-0.2, -0.15) is 0 Å². The van der Waals surface area contributed by atoms with E-state index in [4.69, 9.17) is 13.9 Å². The molecule has 2 N–H and O–H groups in total. The molecule has 1 aliphatic rings. The fraction of sp³-hybridized carbons (Fsp3) is 0.545. The van der Waals surface area contributed by atoms with Crippen LogP contribution in [0.25, 0.3) is 11.0 Å². The second kappa shape index (κ2) is 7.61. The zero-order valence-corrected chi connectivity index (χ0v) is 18.0. The van der Waals surface area contributed by atoms with E-state index in [1.54, 1.807) is 13.2 Å². The van der Waals surface area contributed by atoms with Crippen LogP contribution in [-0.2, 0) is 4.74 Å². The van der Waals surface area contributed by atoms with E-state index in [9.17, 15) is 9.59 Å². The SMILES string of the molecule is COc1cccc2c(C)c(C(=O)NC(C)(CNC(=O)OC(C)(C)C)C3CC3)oc12. The van der Waals surface area contributed by atoms with Gasteiger partial charge in [-0.15, -0.1) is 0 Å². The quantitative estimate of drug-likeness (QED) is 0.757. The van der Waals surface area contributed by atoms with Gasteiger partial charge in [0.15, 0.2) is 17.1 Å². The Bertz CT molecular complexity index is 923. The third-order valence-electron chi connectivity index (χ3n) is 5.23. The molecule has 7 nitrogen and oxygen atoms in total. The number of aryl methyl sites for hydroxylation is 1. The lowest BCUT2D eigenvalue weighted by atomic mass is 9.95. The van der Waals surface area contributed by atoms with Gasteiger partial charge in [0.1, 0.15) is 5.60 Å². The monoisotopic (exact) mass is 402 g/mol. The highest BCUT2D eigenvalue weighted by molar-refractivity contribution is 6.00. The zero-order valence-electron chi connectivity index (χ0n) is 18.0. The van der Waals surface area contributed by atoms with Crippen LogP contribution in [0.4, 0.5) is 4.79 Å². The zero-order chi connectivity index (χ0) is 21.4. The summed E-state index contributed by atoms with van der Waals surface area (Å²) >= 11 is 0. The molecule has 0 spiro atoms. The molecule has 1 fully saturated rings. The molecule has 1 unspecified atom stereocenters. The van der Waals surface area contributed by atoms with Gasteiger partial charge in [-0.05, 0) is 59.4 Å². The van der Waals surface area contributed by atoms with E-state index in [1.807, 2.05) is 46.8 Å². The first-order valence-corrected chi connectivity index (χ1v) is 9.89. The van der Waals surface area contributed by atoms with Gasteiger partial charge in [0.2, 0.25) is 0 Å². The maximum absolute atomic E-state index is 13.1. The van der Waals surface area contributed by atoms with Crippen molar-refractivity contribution in [2.75, 3.05) is 13.7 Å². The summed E-state index contributed by atoms with van der Waals surface area (Å²) in [6.07, 6.45) is 1.50. The molecule has 0 saturated heterocycles. The van der Waals surface area contributed by atoms with Crippen LogP contribution in [0.5, 0.6) is 5.75 Å². The number of para-hydroxylation sites is 1. The number of furan rings is 1. The molecule has 7 heteroatoms. The third kappa shape index (κ3) is 4.66. The molecule has 1 saturated carbocycles. The third-order valence-corrected chi connectivity index (χ3v) is 5.23. The average molecular weight is 402 g/mol. The number of alkyl carbamates (subject to hydrolysis) is 1. The highest BCUT2D eigenvalue weighted by atomic mass is 16.6. The number of hydrogen-bond acceptors (Lipinski definition) is 5. The molecular weight excluding hydrogens is 372 g/mol. The number of ether oxygens (including phenoxy) is 2. The van der Waals surface area contributed by atoms with Crippen molar-refractivity contribution >= 4 is 23.0 Å². The molecular formula is C22H30N2O5. The number of nitrogens with one attached hydrogen (secondary N) is 2. The second-order valence-electron chi connectivity index (χ2n) is 8.89. The van der Waals surface area contributed by atoms with Gasteiger partial charge in [0.25, 0.3) is 5.91 Å². The molecule has 29 heavy (non-hydrogen) atoms. The molecule has 3 rings (SSSR count). The van der Waals surface area contributed by atoms with Crippen molar-refractivity contribution in [3.63, 3.8) is 0 Å². The van der Waals surface area contributed by atoms with Crippen LogP contribution in [0.3, 0.4) is 0 Å². The predicted molar refractivity (Wildman–Crippen MR) is 110 cm³/mol. The Kier molecular flexibility index (Phi) is 5.52. The van der Waals surface area contributed by atoms with Crippen LogP contribution in [0.15, 0.2) is 22.6 Å². The van der Waals surface area contributed by atoms with E-state index < -0.39 is 17.2 Å². The van der Waals surface area contributed by atoms with Crippen LogP contribution in [0, 0.1) is 12.8 Å². The van der Waals surface area contributed by atoms with Crippen LogP contribution in [-0.4, -0.2) is 36.8 Å². The van der Waals surface area contributed by atoms with Gasteiger partial charge in [-0.25, -0.2) is 4.79 Å². The summed E-state index contributed by atoms with van der Waals surface area (Å²) in [6.45, 7) is 9.51. The van der Waals surface area contributed by atoms with E-state index in [-0.39, 0.29) is 18.2 Å². The summed E-state index contributed by atoms with van der Waals surface area (Å²) < 4.78 is 16.5. The molecule has 0 aliphatic heterocycles. The fourth-order valence-corrected chi connectivity index (χ4v) is 3.49. The standard InChI is InChI=1S/C22H30N2O5/c1-13-15-8-7-9-16(27-6)18(15)28-17(13)19(25)24-22(5,14-10-11-14)12-23-20(26)29-21(2,3)4/h7-9,14H,10-12H2,1-6H3,(H,23,26)(H,24,25). The Balaban J connectivity index is 1.77. The molecule has 1 heterocycles. The minimum atomic E-state index is -0.594. The normalized spacial score (nSPS) is 16.2. The van der Waals surface area contributed by atoms with Crippen molar-refractivity contribution in [1.82, 2.24) is 10.6 Å². The molecule has 0 bridgehead atoms. The topological polar surface area (TPSA) is 89.8 Å². The summed E-state index contributed by atoms with van der Waals surface area (Å²) in [4.78, 5) is 25.1. The van der Waals surface area contributed by atoms with Crippen LogP contribution in [0.2, 0.25) is 0 Å². The van der Waals surface area contributed by atoms with E-state index >= 15 is 0 Å². The van der Waals surface area contributed by atoms with Crippen molar-refractivity contribution in [3.05, 3.63) is 29.5 Å². The number of methoxy groups -OCH3 is 1. The number of carbonyl (C=O) groups excluding carboxylic acids is 2. The highest BCUT2D eigenvalue weighted by Gasteiger charge is 2.43. The minimum absolute atomic E-state index is 0.258. The second-order valence-corrected chi connectivity index (χ2v) is 8.89. The highest BCUT2D eigenvalue weighted by Crippen LogP contribution is 2.40. The molecule has 158 valence electrons. The van der Waals surface area contributed by atoms with Crippen molar-refractivity contribution in [3.8, 4) is 5.75 Å². The first-order chi connectivity index (χ1) is 13.5. The van der Waals surface area contributed by atoms with E-state index in [0.717, 1.165) is 23.8 Å². The van der Waals surface area contributed by atoms with E-state index in [1.165, 1.54) is 0 Å². The van der Waals surface area contributed by atoms with Gasteiger partial charge >= 0.3 is 6.09 Å². The largest absolute Gasteiger partial charge is 0.493 e. The van der Waals surface area contributed by atoms with Gasteiger partial charge in [0, 0.05) is 17.5 Å². The number of fused-ring (bicyclic) bond motifs is 1. The molecule has 2 amide bonds. The Labute approximate surface area is 171 Å². The Morgan fingerprint density at radius 3 is 2.48 bits per heavy atom. The van der Waals surface area contributed by atoms with Crippen molar-refractivity contribution in [2.24, 2.45) is 5.92 Å². The summed E-state index contributed by atoms with van der Waals surface area (Å²) in [5.41, 5.74) is 0.143. The van der Waals surface area contributed by atoms with Gasteiger partial charge in [0.05, 0.1) is 12.6 Å². The van der Waals surface area contributed by atoms with Gasteiger partial charge in [-0.3, -0.25) is 4.79 Å². The molecule has 0 radical (unpaired) electrons. The van der Waals surface area contributed by atoms with Crippen LogP contribution < -0.4 is 15.4 Å². The molecule has 2 aromatic rings. The number of benzene rings is 1. The Morgan fingerprint density at radius 2 is 1.90 bits per heavy atom. The number of amides is 2. The van der Waals surface area contributed by atoms with E-state index in [2.05, 4.69) is 10.6 Å². The van der Waals surface area contributed by atoms with Crippen molar-refractivity contribution < 1.29 is 23.5 Å². The summed E-state index contributed by atoms with van der Waals surface area (Å²) in [6, 6.07) is 5.56. The maximum atomic E-state index is 13.1. The summed E-state index contributed by atoms with van der Waals surface area (Å²) in [5, 5.41) is 6.72. The molecule has 1 aromatic carbocycles. The summed E-state index contributed by atoms with van der Waals surface area (Å²) in [7, 11) is 1.57. The number of carbonyl (C=O) groups is 2. The number of hydrogen-bond donors (Lipinski definition) is 2. The smallest absolute Gasteiger partial charge is 0.407 e. The Hall–Kier alpha value is -2.70. The molecule has 1 atom stereocenters.